The third-order valence-corrected chi connectivity index (χ3v) is 8.14. The first-order chi connectivity index (χ1) is 18.5. The van der Waals surface area contributed by atoms with Crippen molar-refractivity contribution in [3.8, 4) is 11.1 Å². The molecular formula is C30H39N2O6S+. The van der Waals surface area contributed by atoms with Crippen molar-refractivity contribution in [1.29, 1.82) is 0 Å². The third-order valence-electron chi connectivity index (χ3n) is 7.33. The number of pyridine rings is 1. The number of allylic oxidation sites excluding steroid dienone is 1. The van der Waals surface area contributed by atoms with Crippen molar-refractivity contribution < 1.29 is 26.7 Å². The molecule has 0 saturated heterocycles. The van der Waals surface area contributed by atoms with E-state index in [2.05, 4.69) is 36.3 Å². The van der Waals surface area contributed by atoms with Gasteiger partial charge in [-0.2, -0.15) is 8.42 Å². The number of aromatic nitrogens is 1. The minimum absolute atomic E-state index is 0.275. The Morgan fingerprint density at radius 1 is 1.03 bits per heavy atom. The van der Waals surface area contributed by atoms with Crippen molar-refractivity contribution in [1.82, 2.24) is 0 Å². The average Bonchev–Trinajstić information content (AvgIpc) is 2.86. The van der Waals surface area contributed by atoms with E-state index in [1.54, 1.807) is 7.11 Å². The molecule has 1 N–H and O–H groups in total. The van der Waals surface area contributed by atoms with Gasteiger partial charge in [-0.05, 0) is 57.7 Å². The second kappa shape index (κ2) is 12.0. The molecule has 8 nitrogen and oxygen atoms in total. The highest BCUT2D eigenvalue weighted by Crippen LogP contribution is 2.41. The zero-order valence-corrected chi connectivity index (χ0v) is 24.1. The maximum Gasteiger partial charge on any atom is 0.344 e. The van der Waals surface area contributed by atoms with E-state index in [9.17, 15) is 17.8 Å². The van der Waals surface area contributed by atoms with E-state index in [0.29, 0.717) is 17.7 Å². The molecule has 1 aliphatic rings. The second-order valence-corrected chi connectivity index (χ2v) is 12.4. The van der Waals surface area contributed by atoms with Crippen LogP contribution in [0.1, 0.15) is 58.4 Å². The lowest BCUT2D eigenvalue weighted by molar-refractivity contribution is -0.697. The fourth-order valence-electron chi connectivity index (χ4n) is 5.39. The lowest BCUT2D eigenvalue weighted by Crippen LogP contribution is -2.46. The van der Waals surface area contributed by atoms with Crippen molar-refractivity contribution in [2.24, 2.45) is 0 Å². The van der Waals surface area contributed by atoms with Crippen molar-refractivity contribution in [2.45, 2.75) is 65.0 Å². The van der Waals surface area contributed by atoms with Gasteiger partial charge in [0.2, 0.25) is 0 Å². The van der Waals surface area contributed by atoms with E-state index in [1.165, 1.54) is 0 Å². The molecule has 0 atom stereocenters. The normalized spacial score (nSPS) is 14.9. The monoisotopic (exact) mass is 555 g/mol. The summed E-state index contributed by atoms with van der Waals surface area (Å²) in [6, 6.07) is 9.68. The predicted molar refractivity (Wildman–Crippen MR) is 155 cm³/mol. The van der Waals surface area contributed by atoms with E-state index < -0.39 is 15.7 Å². The smallest absolute Gasteiger partial charge is 0.344 e. The number of hydrogen-bond acceptors (Lipinski definition) is 6. The van der Waals surface area contributed by atoms with Gasteiger partial charge in [-0.25, -0.2) is 9.36 Å². The molecule has 0 spiro atoms. The molecule has 0 fully saturated rings. The first-order valence-electron chi connectivity index (χ1n) is 13.5. The SMILES string of the molecule is COCCCCCC[n+]1ccc(-c2cc3cc4c(cc3oc2=O)N(CCCS(=O)(=O)O)C(C)(C)C=C4C)cc1. The van der Waals surface area contributed by atoms with Crippen LogP contribution < -0.4 is 15.1 Å². The summed E-state index contributed by atoms with van der Waals surface area (Å²) in [5.74, 6) is -0.310. The maximum absolute atomic E-state index is 13.0. The molecule has 9 heteroatoms. The molecule has 0 unspecified atom stereocenters. The largest absolute Gasteiger partial charge is 0.422 e. The van der Waals surface area contributed by atoms with E-state index in [0.717, 1.165) is 66.6 Å². The number of unbranched alkanes of at least 4 members (excludes halogenated alkanes) is 3. The number of methoxy groups -OCH3 is 1. The fraction of sp³-hybridized carbons (Fsp3) is 0.467. The second-order valence-electron chi connectivity index (χ2n) is 10.9. The van der Waals surface area contributed by atoms with E-state index in [4.69, 9.17) is 9.15 Å². The number of anilines is 1. The van der Waals surface area contributed by atoms with E-state index >= 15 is 0 Å². The molecule has 3 aromatic rings. The molecular weight excluding hydrogens is 516 g/mol. The Morgan fingerprint density at radius 3 is 2.41 bits per heavy atom. The van der Waals surface area contributed by atoms with Crippen LogP contribution in [0.15, 0.2) is 58.0 Å². The van der Waals surface area contributed by atoms with Gasteiger partial charge < -0.3 is 14.1 Å². The summed E-state index contributed by atoms with van der Waals surface area (Å²) in [6.45, 7) is 8.32. The first-order valence-corrected chi connectivity index (χ1v) is 15.1. The number of rotatable bonds is 12. The Balaban J connectivity index is 1.58. The molecule has 0 aliphatic carbocycles. The quantitative estimate of drug-likeness (QED) is 0.141. The number of aryl methyl sites for hydroxylation is 1. The Labute approximate surface area is 230 Å². The number of hydrogen-bond donors (Lipinski definition) is 1. The number of nitrogens with zero attached hydrogens (tertiary/aromatic N) is 2. The van der Waals surface area contributed by atoms with Crippen LogP contribution in [0.5, 0.6) is 0 Å². The zero-order valence-electron chi connectivity index (χ0n) is 23.3. The standard InChI is InChI=1S/C30H38N2O6S/c1-22-21-30(2,3)32(13-9-17-39(34,35)36)27-20-28-24(18-25(22)27)19-26(29(33)38-28)23-10-14-31(15-11-23)12-7-5-6-8-16-37-4/h10-11,14-15,18-21H,5-9,12-13,16-17H2,1-4H3/p+1. The van der Waals surface area contributed by atoms with Gasteiger partial charge in [-0.1, -0.05) is 12.5 Å². The minimum atomic E-state index is -4.04. The molecule has 4 rings (SSSR count). The topological polar surface area (TPSA) is 101 Å². The molecule has 1 aromatic carbocycles. The summed E-state index contributed by atoms with van der Waals surface area (Å²) in [6.07, 6.45) is 10.9. The van der Waals surface area contributed by atoms with Gasteiger partial charge in [0, 0.05) is 67.1 Å². The molecule has 0 saturated carbocycles. The van der Waals surface area contributed by atoms with Crippen LogP contribution in [-0.4, -0.2) is 44.5 Å². The summed E-state index contributed by atoms with van der Waals surface area (Å²) in [4.78, 5) is 15.1. The molecule has 0 radical (unpaired) electrons. The summed E-state index contributed by atoms with van der Waals surface area (Å²) in [7, 11) is -2.31. The van der Waals surface area contributed by atoms with Crippen LogP contribution >= 0.6 is 0 Å². The van der Waals surface area contributed by atoms with Gasteiger partial charge >= 0.3 is 5.63 Å². The van der Waals surface area contributed by atoms with Crippen LogP contribution in [0.4, 0.5) is 5.69 Å². The fourth-order valence-corrected chi connectivity index (χ4v) is 5.88. The third kappa shape index (κ3) is 7.15. The highest BCUT2D eigenvalue weighted by Gasteiger charge is 2.32. The zero-order chi connectivity index (χ0) is 28.2. The number of fused-ring (bicyclic) bond motifs is 2. The van der Waals surface area contributed by atoms with Crippen molar-refractivity contribution >= 4 is 32.3 Å². The molecule has 39 heavy (non-hydrogen) atoms. The Hall–Kier alpha value is -3.01. The Morgan fingerprint density at radius 2 is 1.72 bits per heavy atom. The Kier molecular flexibility index (Phi) is 8.93. The highest BCUT2D eigenvalue weighted by atomic mass is 32.2. The number of ether oxygens (including phenoxy) is 1. The summed E-state index contributed by atoms with van der Waals surface area (Å²) >= 11 is 0. The average molecular weight is 556 g/mol. The van der Waals surface area contributed by atoms with Crippen molar-refractivity contribution in [3.63, 3.8) is 0 Å². The molecule has 0 amide bonds. The summed E-state index contributed by atoms with van der Waals surface area (Å²) in [5.41, 5.74) is 3.99. The minimum Gasteiger partial charge on any atom is -0.422 e. The highest BCUT2D eigenvalue weighted by molar-refractivity contribution is 7.85. The van der Waals surface area contributed by atoms with Crippen LogP contribution in [-0.2, 0) is 21.4 Å². The Bertz CT molecular complexity index is 1510. The summed E-state index contributed by atoms with van der Waals surface area (Å²) in [5, 5.41) is 0.821. The van der Waals surface area contributed by atoms with Crippen LogP contribution in [0.2, 0.25) is 0 Å². The maximum atomic E-state index is 13.0. The van der Waals surface area contributed by atoms with Gasteiger partial charge in [0.15, 0.2) is 12.4 Å². The van der Waals surface area contributed by atoms with Crippen molar-refractivity contribution in [3.05, 3.63) is 64.8 Å². The van der Waals surface area contributed by atoms with Gasteiger partial charge in [-0.3, -0.25) is 4.55 Å². The van der Waals surface area contributed by atoms with Crippen LogP contribution in [0.3, 0.4) is 0 Å². The van der Waals surface area contributed by atoms with Crippen LogP contribution in [0.25, 0.3) is 27.7 Å². The lowest BCUT2D eigenvalue weighted by atomic mass is 9.88. The predicted octanol–water partition coefficient (Wildman–Crippen LogP) is 5.23. The molecule has 0 bridgehead atoms. The molecule has 210 valence electrons. The molecule has 3 heterocycles. The molecule has 2 aromatic heterocycles. The van der Waals surface area contributed by atoms with Gasteiger partial charge in [0.1, 0.15) is 12.1 Å². The van der Waals surface area contributed by atoms with E-state index in [1.807, 2.05) is 42.7 Å². The van der Waals surface area contributed by atoms with Gasteiger partial charge in [-0.15, -0.1) is 0 Å². The first kappa shape index (κ1) is 29.0. The van der Waals surface area contributed by atoms with Gasteiger partial charge in [0.05, 0.1) is 16.9 Å². The number of benzene rings is 1. The van der Waals surface area contributed by atoms with Gasteiger partial charge in [0.25, 0.3) is 10.1 Å². The van der Waals surface area contributed by atoms with Crippen molar-refractivity contribution in [2.75, 3.05) is 30.9 Å². The molecule has 1 aliphatic heterocycles. The van der Waals surface area contributed by atoms with E-state index in [-0.39, 0.29) is 17.7 Å². The van der Waals surface area contributed by atoms with Crippen LogP contribution in [0, 0.1) is 0 Å². The summed E-state index contributed by atoms with van der Waals surface area (Å²) < 4.78 is 44.8. The lowest BCUT2D eigenvalue weighted by Gasteiger charge is -2.43.